The lowest BCUT2D eigenvalue weighted by atomic mass is 10.1. The second-order valence-electron chi connectivity index (χ2n) is 8.19. The molecule has 0 spiro atoms. The first-order valence-corrected chi connectivity index (χ1v) is 11.6. The van der Waals surface area contributed by atoms with Crippen LogP contribution in [0.1, 0.15) is 51.0 Å². The first-order valence-electron chi connectivity index (χ1n) is 11.6. The molecule has 1 aliphatic heterocycles. The zero-order chi connectivity index (χ0) is 21.0. The molecular formula is C26H38N2O2. The molecule has 0 amide bonds. The third-order valence-electron chi connectivity index (χ3n) is 5.83. The average molecular weight is 411 g/mol. The minimum absolute atomic E-state index is 0.361. The van der Waals surface area contributed by atoms with Crippen molar-refractivity contribution in [3.8, 4) is 11.5 Å². The standard InChI is InChI=1S/C17H26N2O2.C9H12/c1-20-16-8-7-14(19-11-4-9-18-10-12-19)13-17(16)21-15-5-2-3-6-15;1-2-6-9-7-4-3-5-8-9/h7-8,13,15,18H,2-6,9-12H2,1H3;3-5,7-8H,2,6H2,1H3. The van der Waals surface area contributed by atoms with Crippen LogP contribution in [0, 0.1) is 0 Å². The minimum atomic E-state index is 0.361. The predicted octanol–water partition coefficient (Wildman–Crippen LogP) is 5.46. The van der Waals surface area contributed by atoms with Gasteiger partial charge in [-0.1, -0.05) is 43.7 Å². The van der Waals surface area contributed by atoms with Gasteiger partial charge in [-0.05, 0) is 62.8 Å². The van der Waals surface area contributed by atoms with Gasteiger partial charge in [-0.25, -0.2) is 0 Å². The summed E-state index contributed by atoms with van der Waals surface area (Å²) < 4.78 is 11.7. The van der Waals surface area contributed by atoms with Gasteiger partial charge in [0, 0.05) is 31.4 Å². The summed E-state index contributed by atoms with van der Waals surface area (Å²) in [6, 6.07) is 16.9. The SMILES string of the molecule is CCCc1ccccc1.COc1ccc(N2CCCNCC2)cc1OC1CCCC1. The van der Waals surface area contributed by atoms with Crippen LogP contribution in [0.5, 0.6) is 11.5 Å². The molecule has 4 nitrogen and oxygen atoms in total. The number of rotatable bonds is 6. The number of aryl methyl sites for hydroxylation is 1. The number of ether oxygens (including phenoxy) is 2. The summed E-state index contributed by atoms with van der Waals surface area (Å²) in [5, 5.41) is 3.45. The topological polar surface area (TPSA) is 33.7 Å². The molecule has 4 rings (SSSR count). The van der Waals surface area contributed by atoms with Crippen LogP contribution in [0.25, 0.3) is 0 Å². The zero-order valence-electron chi connectivity index (χ0n) is 18.7. The summed E-state index contributed by atoms with van der Waals surface area (Å²) in [5.74, 6) is 1.75. The van der Waals surface area contributed by atoms with E-state index in [1.165, 1.54) is 56.2 Å². The van der Waals surface area contributed by atoms with Crippen molar-refractivity contribution < 1.29 is 9.47 Å². The van der Waals surface area contributed by atoms with Crippen LogP contribution in [0.4, 0.5) is 5.69 Å². The molecule has 0 atom stereocenters. The fourth-order valence-corrected chi connectivity index (χ4v) is 4.18. The summed E-state index contributed by atoms with van der Waals surface area (Å²) in [4.78, 5) is 2.43. The van der Waals surface area contributed by atoms with Crippen LogP contribution in [-0.4, -0.2) is 39.4 Å². The fraction of sp³-hybridized carbons (Fsp3) is 0.538. The van der Waals surface area contributed by atoms with E-state index in [4.69, 9.17) is 9.47 Å². The summed E-state index contributed by atoms with van der Waals surface area (Å²) in [6.45, 7) is 6.51. The Kier molecular flexibility index (Phi) is 9.36. The van der Waals surface area contributed by atoms with Crippen LogP contribution in [-0.2, 0) is 6.42 Å². The van der Waals surface area contributed by atoms with Gasteiger partial charge >= 0.3 is 0 Å². The molecule has 2 aliphatic rings. The Morgan fingerprint density at radius 1 is 0.933 bits per heavy atom. The van der Waals surface area contributed by atoms with Crippen molar-refractivity contribution in [1.29, 1.82) is 0 Å². The van der Waals surface area contributed by atoms with Gasteiger partial charge in [0.2, 0.25) is 0 Å². The molecule has 0 aromatic heterocycles. The molecule has 4 heteroatoms. The van der Waals surface area contributed by atoms with E-state index in [0.29, 0.717) is 6.10 Å². The van der Waals surface area contributed by atoms with Crippen LogP contribution in [0.2, 0.25) is 0 Å². The molecule has 1 saturated heterocycles. The smallest absolute Gasteiger partial charge is 0.163 e. The van der Waals surface area contributed by atoms with Crippen molar-refractivity contribution >= 4 is 5.69 Å². The van der Waals surface area contributed by atoms with Gasteiger partial charge < -0.3 is 19.7 Å². The molecule has 2 aromatic rings. The number of nitrogens with one attached hydrogen (secondary N) is 1. The normalized spacial score (nSPS) is 17.1. The second-order valence-corrected chi connectivity index (χ2v) is 8.19. The molecule has 164 valence electrons. The largest absolute Gasteiger partial charge is 0.493 e. The first-order chi connectivity index (χ1) is 14.8. The van der Waals surface area contributed by atoms with E-state index >= 15 is 0 Å². The van der Waals surface area contributed by atoms with Crippen LogP contribution in [0.15, 0.2) is 48.5 Å². The summed E-state index contributed by atoms with van der Waals surface area (Å²) in [7, 11) is 1.71. The van der Waals surface area contributed by atoms with E-state index in [0.717, 1.165) is 37.7 Å². The minimum Gasteiger partial charge on any atom is -0.493 e. The molecule has 2 fully saturated rings. The maximum atomic E-state index is 6.19. The number of benzene rings is 2. The van der Waals surface area contributed by atoms with Gasteiger partial charge in [0.05, 0.1) is 13.2 Å². The highest BCUT2D eigenvalue weighted by molar-refractivity contribution is 5.56. The summed E-state index contributed by atoms with van der Waals surface area (Å²) in [6.07, 6.45) is 8.90. The molecule has 2 aromatic carbocycles. The lowest BCUT2D eigenvalue weighted by Gasteiger charge is -2.24. The van der Waals surface area contributed by atoms with E-state index in [-0.39, 0.29) is 0 Å². The van der Waals surface area contributed by atoms with Gasteiger partial charge in [-0.15, -0.1) is 0 Å². The maximum absolute atomic E-state index is 6.19. The predicted molar refractivity (Wildman–Crippen MR) is 126 cm³/mol. The zero-order valence-corrected chi connectivity index (χ0v) is 18.7. The van der Waals surface area contributed by atoms with Crippen LogP contribution in [0.3, 0.4) is 0 Å². The fourth-order valence-electron chi connectivity index (χ4n) is 4.18. The Morgan fingerprint density at radius 3 is 2.47 bits per heavy atom. The van der Waals surface area contributed by atoms with E-state index in [9.17, 15) is 0 Å². The second kappa shape index (κ2) is 12.5. The first kappa shape index (κ1) is 22.5. The lowest BCUT2D eigenvalue weighted by Crippen LogP contribution is -2.27. The van der Waals surface area contributed by atoms with Crippen molar-refractivity contribution in [2.24, 2.45) is 0 Å². The van der Waals surface area contributed by atoms with Crippen LogP contribution < -0.4 is 19.7 Å². The molecule has 30 heavy (non-hydrogen) atoms. The number of anilines is 1. The maximum Gasteiger partial charge on any atom is 0.163 e. The molecule has 1 N–H and O–H groups in total. The van der Waals surface area contributed by atoms with E-state index in [1.807, 2.05) is 6.07 Å². The Morgan fingerprint density at radius 2 is 1.73 bits per heavy atom. The molecular weight excluding hydrogens is 372 g/mol. The highest BCUT2D eigenvalue weighted by Crippen LogP contribution is 2.35. The molecule has 1 heterocycles. The molecule has 0 radical (unpaired) electrons. The molecule has 0 bridgehead atoms. The van der Waals surface area contributed by atoms with E-state index in [1.54, 1.807) is 7.11 Å². The molecule has 1 aliphatic carbocycles. The highest BCUT2D eigenvalue weighted by atomic mass is 16.5. The van der Waals surface area contributed by atoms with Gasteiger partial charge in [0.25, 0.3) is 0 Å². The Labute approximate surface area is 182 Å². The summed E-state index contributed by atoms with van der Waals surface area (Å²) >= 11 is 0. The van der Waals surface area contributed by atoms with Crippen molar-refractivity contribution in [3.63, 3.8) is 0 Å². The van der Waals surface area contributed by atoms with Gasteiger partial charge in [0.15, 0.2) is 11.5 Å². The van der Waals surface area contributed by atoms with E-state index in [2.05, 4.69) is 59.6 Å². The van der Waals surface area contributed by atoms with Crippen molar-refractivity contribution in [3.05, 3.63) is 54.1 Å². The van der Waals surface area contributed by atoms with E-state index < -0.39 is 0 Å². The summed E-state index contributed by atoms with van der Waals surface area (Å²) in [5.41, 5.74) is 2.69. The third-order valence-corrected chi connectivity index (χ3v) is 5.83. The number of methoxy groups -OCH3 is 1. The third kappa shape index (κ3) is 6.94. The average Bonchev–Trinajstić information content (AvgIpc) is 3.14. The number of hydrogen-bond donors (Lipinski definition) is 1. The quantitative estimate of drug-likeness (QED) is 0.686. The Hall–Kier alpha value is -2.20. The molecule has 1 saturated carbocycles. The molecule has 0 unspecified atom stereocenters. The van der Waals surface area contributed by atoms with Crippen molar-refractivity contribution in [1.82, 2.24) is 5.32 Å². The monoisotopic (exact) mass is 410 g/mol. The van der Waals surface area contributed by atoms with Crippen LogP contribution >= 0.6 is 0 Å². The van der Waals surface area contributed by atoms with Gasteiger partial charge in [-0.2, -0.15) is 0 Å². The number of nitrogens with zero attached hydrogens (tertiary/aromatic N) is 1. The number of hydrogen-bond acceptors (Lipinski definition) is 4. The Bertz CT molecular complexity index is 721. The van der Waals surface area contributed by atoms with Crippen molar-refractivity contribution in [2.45, 2.75) is 58.0 Å². The van der Waals surface area contributed by atoms with Gasteiger partial charge in [0.1, 0.15) is 0 Å². The lowest BCUT2D eigenvalue weighted by molar-refractivity contribution is 0.201. The highest BCUT2D eigenvalue weighted by Gasteiger charge is 2.19. The van der Waals surface area contributed by atoms with Crippen molar-refractivity contribution in [2.75, 3.05) is 38.2 Å². The Balaban J connectivity index is 0.000000239. The van der Waals surface area contributed by atoms with Gasteiger partial charge in [-0.3, -0.25) is 0 Å².